The molecule has 1 aliphatic heterocycles. The molecule has 0 aliphatic carbocycles. The van der Waals surface area contributed by atoms with E-state index in [1.807, 2.05) is 18.7 Å². The van der Waals surface area contributed by atoms with Crippen LogP contribution in [0.15, 0.2) is 0 Å². The normalized spacial score (nSPS) is 21.3. The zero-order chi connectivity index (χ0) is 12.7. The van der Waals surface area contributed by atoms with Crippen molar-refractivity contribution in [2.45, 2.75) is 32.9 Å². The topological polar surface area (TPSA) is 50.8 Å². The van der Waals surface area contributed by atoms with E-state index in [2.05, 4.69) is 12.2 Å². The summed E-state index contributed by atoms with van der Waals surface area (Å²) >= 11 is 0. The summed E-state index contributed by atoms with van der Waals surface area (Å²) in [6, 6.07) is 0.245. The maximum Gasteiger partial charge on any atom is 0.251 e. The molecule has 1 N–H and O–H groups in total. The lowest BCUT2D eigenvalue weighted by Gasteiger charge is -2.35. The van der Waals surface area contributed by atoms with Crippen LogP contribution >= 0.6 is 12.4 Å². The van der Waals surface area contributed by atoms with Gasteiger partial charge in [0.15, 0.2) is 0 Å². The number of halogens is 1. The number of rotatable bonds is 6. The fraction of sp³-hybridized carbons (Fsp3) is 0.917. The third-order valence-electron chi connectivity index (χ3n) is 2.93. The Morgan fingerprint density at radius 2 is 2.22 bits per heavy atom. The molecule has 108 valence electrons. The zero-order valence-electron chi connectivity index (χ0n) is 11.5. The Balaban J connectivity index is 0.00000289. The molecule has 1 aliphatic rings. The van der Waals surface area contributed by atoms with E-state index in [-0.39, 0.29) is 30.5 Å². The molecule has 0 aromatic heterocycles. The molecular weight excluding hydrogens is 256 g/mol. The average molecular weight is 281 g/mol. The minimum absolute atomic E-state index is 0. The predicted octanol–water partition coefficient (Wildman–Crippen LogP) is 0.670. The van der Waals surface area contributed by atoms with Crippen LogP contribution in [0.1, 0.15) is 20.8 Å². The van der Waals surface area contributed by atoms with Gasteiger partial charge >= 0.3 is 0 Å². The van der Waals surface area contributed by atoms with Gasteiger partial charge in [-0.15, -0.1) is 12.4 Å². The molecule has 1 saturated heterocycles. The number of carbonyl (C=O) groups is 1. The number of amides is 1. The Bertz CT molecular complexity index is 241. The largest absolute Gasteiger partial charge is 0.379 e. The van der Waals surface area contributed by atoms with Gasteiger partial charge in [0.05, 0.1) is 13.2 Å². The Morgan fingerprint density at radius 1 is 1.50 bits per heavy atom. The molecule has 6 heteroatoms. The first kappa shape index (κ1) is 17.6. The fourth-order valence-electron chi connectivity index (χ4n) is 1.90. The molecule has 1 amide bonds. The summed E-state index contributed by atoms with van der Waals surface area (Å²) in [5, 5.41) is 3.26. The van der Waals surface area contributed by atoms with Gasteiger partial charge in [0.2, 0.25) is 0 Å². The minimum Gasteiger partial charge on any atom is -0.379 e. The third-order valence-corrected chi connectivity index (χ3v) is 2.93. The Morgan fingerprint density at radius 3 is 2.83 bits per heavy atom. The van der Waals surface area contributed by atoms with E-state index < -0.39 is 0 Å². The number of hydrogen-bond acceptors (Lipinski definition) is 4. The van der Waals surface area contributed by atoms with Crippen molar-refractivity contribution in [1.29, 1.82) is 0 Å². The Hall–Kier alpha value is -0.360. The summed E-state index contributed by atoms with van der Waals surface area (Å²) in [5.74, 6) is 0.0792. The van der Waals surface area contributed by atoms with E-state index in [1.165, 1.54) is 0 Å². The number of nitrogens with zero attached hydrogens (tertiary/aromatic N) is 1. The standard InChI is InChI=1S/C12H24N2O3.ClH/c1-4-16-7-8-17-11(3)12(15)14-6-5-13-9-10(14)2;/h10-11,13H,4-9H2,1-3H3;1H. The van der Waals surface area contributed by atoms with Crippen molar-refractivity contribution in [2.75, 3.05) is 39.5 Å². The Labute approximate surface area is 116 Å². The maximum absolute atomic E-state index is 12.1. The van der Waals surface area contributed by atoms with Crippen LogP contribution in [0.5, 0.6) is 0 Å². The fourth-order valence-corrected chi connectivity index (χ4v) is 1.90. The molecule has 0 radical (unpaired) electrons. The average Bonchev–Trinajstić information content (AvgIpc) is 2.34. The van der Waals surface area contributed by atoms with Crippen molar-refractivity contribution >= 4 is 18.3 Å². The van der Waals surface area contributed by atoms with E-state index in [4.69, 9.17) is 9.47 Å². The second-order valence-electron chi connectivity index (χ2n) is 4.29. The molecule has 0 saturated carbocycles. The Kier molecular flexibility index (Phi) is 9.36. The summed E-state index contributed by atoms with van der Waals surface area (Å²) in [6.07, 6.45) is -0.379. The van der Waals surface area contributed by atoms with Crippen LogP contribution in [0.25, 0.3) is 0 Å². The number of piperazine rings is 1. The lowest BCUT2D eigenvalue weighted by atomic mass is 10.2. The second kappa shape index (κ2) is 9.55. The monoisotopic (exact) mass is 280 g/mol. The molecule has 18 heavy (non-hydrogen) atoms. The van der Waals surface area contributed by atoms with Crippen LogP contribution < -0.4 is 5.32 Å². The number of hydrogen-bond donors (Lipinski definition) is 1. The highest BCUT2D eigenvalue weighted by Crippen LogP contribution is 2.07. The van der Waals surface area contributed by atoms with Gasteiger partial charge in [0.25, 0.3) is 5.91 Å². The van der Waals surface area contributed by atoms with Crippen LogP contribution in [0.4, 0.5) is 0 Å². The van der Waals surface area contributed by atoms with Gasteiger partial charge in [-0.05, 0) is 20.8 Å². The number of nitrogens with one attached hydrogen (secondary N) is 1. The van der Waals surface area contributed by atoms with Crippen molar-refractivity contribution in [3.8, 4) is 0 Å². The van der Waals surface area contributed by atoms with Gasteiger partial charge in [-0.25, -0.2) is 0 Å². The second-order valence-corrected chi connectivity index (χ2v) is 4.29. The van der Waals surface area contributed by atoms with Crippen LogP contribution in [0.3, 0.4) is 0 Å². The SMILES string of the molecule is CCOCCOC(C)C(=O)N1CCNCC1C.Cl. The predicted molar refractivity (Wildman–Crippen MR) is 73.2 cm³/mol. The summed E-state index contributed by atoms with van der Waals surface area (Å²) in [4.78, 5) is 14.0. The van der Waals surface area contributed by atoms with Crippen LogP contribution in [0, 0.1) is 0 Å². The molecule has 5 nitrogen and oxygen atoms in total. The molecule has 1 heterocycles. The van der Waals surface area contributed by atoms with Crippen LogP contribution in [0.2, 0.25) is 0 Å². The molecule has 1 rings (SSSR count). The smallest absolute Gasteiger partial charge is 0.251 e. The van der Waals surface area contributed by atoms with E-state index in [0.29, 0.717) is 19.8 Å². The molecule has 1 fully saturated rings. The lowest BCUT2D eigenvalue weighted by molar-refractivity contribution is -0.146. The van der Waals surface area contributed by atoms with E-state index in [9.17, 15) is 4.79 Å². The highest BCUT2D eigenvalue weighted by Gasteiger charge is 2.27. The third kappa shape index (κ3) is 5.52. The van der Waals surface area contributed by atoms with Crippen molar-refractivity contribution in [1.82, 2.24) is 10.2 Å². The molecule has 0 spiro atoms. The summed E-state index contributed by atoms with van der Waals surface area (Å²) in [6.45, 7) is 9.99. The first-order valence-corrected chi connectivity index (χ1v) is 6.37. The van der Waals surface area contributed by atoms with E-state index in [1.54, 1.807) is 0 Å². The first-order valence-electron chi connectivity index (χ1n) is 6.37. The van der Waals surface area contributed by atoms with Gasteiger partial charge in [0, 0.05) is 32.3 Å². The van der Waals surface area contributed by atoms with Gasteiger partial charge in [-0.3, -0.25) is 4.79 Å². The van der Waals surface area contributed by atoms with Crippen molar-refractivity contribution in [2.24, 2.45) is 0 Å². The van der Waals surface area contributed by atoms with Gasteiger partial charge in [0.1, 0.15) is 6.10 Å². The molecule has 2 atom stereocenters. The minimum atomic E-state index is -0.379. The highest BCUT2D eigenvalue weighted by molar-refractivity contribution is 5.85. The van der Waals surface area contributed by atoms with Gasteiger partial charge in [-0.2, -0.15) is 0 Å². The van der Waals surface area contributed by atoms with Crippen molar-refractivity contribution in [3.63, 3.8) is 0 Å². The summed E-state index contributed by atoms with van der Waals surface area (Å²) in [5.41, 5.74) is 0. The molecular formula is C12H25ClN2O3. The molecule has 0 bridgehead atoms. The number of carbonyl (C=O) groups excluding carboxylic acids is 1. The van der Waals surface area contributed by atoms with E-state index in [0.717, 1.165) is 19.6 Å². The summed E-state index contributed by atoms with van der Waals surface area (Å²) < 4.78 is 10.6. The summed E-state index contributed by atoms with van der Waals surface area (Å²) in [7, 11) is 0. The molecule has 0 aromatic carbocycles. The van der Waals surface area contributed by atoms with Crippen molar-refractivity contribution < 1.29 is 14.3 Å². The molecule has 0 aromatic rings. The van der Waals surface area contributed by atoms with Crippen molar-refractivity contribution in [3.05, 3.63) is 0 Å². The lowest BCUT2D eigenvalue weighted by Crippen LogP contribution is -2.54. The van der Waals surface area contributed by atoms with Crippen LogP contribution in [-0.4, -0.2) is 62.4 Å². The maximum atomic E-state index is 12.1. The molecule has 2 unspecified atom stereocenters. The quantitative estimate of drug-likeness (QED) is 0.727. The van der Waals surface area contributed by atoms with Gasteiger partial charge < -0.3 is 19.7 Å². The highest BCUT2D eigenvalue weighted by atomic mass is 35.5. The van der Waals surface area contributed by atoms with Crippen LogP contribution in [-0.2, 0) is 14.3 Å². The zero-order valence-corrected chi connectivity index (χ0v) is 12.3. The first-order chi connectivity index (χ1) is 8.16. The van der Waals surface area contributed by atoms with Gasteiger partial charge in [-0.1, -0.05) is 0 Å². The van der Waals surface area contributed by atoms with E-state index >= 15 is 0 Å². The number of ether oxygens (including phenoxy) is 2.